The fourth-order valence-electron chi connectivity index (χ4n) is 3.71. The fraction of sp³-hybridized carbons (Fsp3) is 0.391. The number of aryl methyl sites for hydroxylation is 2. The van der Waals surface area contributed by atoms with Gasteiger partial charge in [-0.05, 0) is 42.7 Å². The van der Waals surface area contributed by atoms with Gasteiger partial charge in [0.05, 0.1) is 0 Å². The number of carbonyl (C=O) groups excluding carboxylic acids is 2. The lowest BCUT2D eigenvalue weighted by Crippen LogP contribution is -2.52. The molecule has 1 aliphatic rings. The molecule has 5 nitrogen and oxygen atoms in total. The molecule has 0 N–H and O–H groups in total. The van der Waals surface area contributed by atoms with Crippen LogP contribution in [0.3, 0.4) is 0 Å². The van der Waals surface area contributed by atoms with E-state index in [-0.39, 0.29) is 18.4 Å². The van der Waals surface area contributed by atoms with E-state index in [1.807, 2.05) is 29.2 Å². The second-order valence-electron chi connectivity index (χ2n) is 7.29. The number of amides is 2. The summed E-state index contributed by atoms with van der Waals surface area (Å²) in [4.78, 5) is 30.9. The summed E-state index contributed by atoms with van der Waals surface area (Å²) >= 11 is 0. The van der Waals surface area contributed by atoms with Crippen molar-refractivity contribution in [1.82, 2.24) is 4.90 Å². The largest absolute Gasteiger partial charge is 0.368 e. The van der Waals surface area contributed by atoms with Crippen molar-refractivity contribution in [3.05, 3.63) is 59.7 Å². The van der Waals surface area contributed by atoms with E-state index in [9.17, 15) is 9.59 Å². The van der Waals surface area contributed by atoms with Crippen LogP contribution in [0.2, 0.25) is 0 Å². The maximum atomic E-state index is 12.9. The van der Waals surface area contributed by atoms with Crippen LogP contribution >= 0.6 is 0 Å². The first-order chi connectivity index (χ1) is 13.5. The second kappa shape index (κ2) is 8.91. The summed E-state index contributed by atoms with van der Waals surface area (Å²) in [5.41, 5.74) is 4.36. The fourth-order valence-corrected chi connectivity index (χ4v) is 3.71. The number of piperazine rings is 1. The van der Waals surface area contributed by atoms with Crippen molar-refractivity contribution in [3.63, 3.8) is 0 Å². The predicted octanol–water partition coefficient (Wildman–Crippen LogP) is 3.26. The molecular formula is C23H29N3O2. The number of hydrogen-bond acceptors (Lipinski definition) is 3. The second-order valence-corrected chi connectivity index (χ2v) is 7.29. The third-order valence-electron chi connectivity index (χ3n) is 5.34. The molecule has 1 heterocycles. The van der Waals surface area contributed by atoms with Gasteiger partial charge in [-0.3, -0.25) is 9.59 Å². The Morgan fingerprint density at radius 1 is 1.00 bits per heavy atom. The highest BCUT2D eigenvalue weighted by atomic mass is 16.2. The van der Waals surface area contributed by atoms with E-state index in [0.717, 1.165) is 30.8 Å². The molecule has 5 heteroatoms. The highest BCUT2D eigenvalue weighted by Gasteiger charge is 2.25. The molecule has 0 atom stereocenters. The Bertz CT molecular complexity index is 841. The molecule has 2 amide bonds. The molecule has 2 aromatic carbocycles. The molecule has 3 rings (SSSR count). The first-order valence-electron chi connectivity index (χ1n) is 9.95. The SMILES string of the molecule is CCc1ccccc1N(CC(=O)N1CCN(c2cccc(C)c2)CC1)C(C)=O. The number of benzene rings is 2. The van der Waals surface area contributed by atoms with Gasteiger partial charge in [-0.1, -0.05) is 37.3 Å². The van der Waals surface area contributed by atoms with Crippen LogP contribution in [0.15, 0.2) is 48.5 Å². The molecule has 0 unspecified atom stereocenters. The zero-order valence-electron chi connectivity index (χ0n) is 17.0. The molecule has 0 radical (unpaired) electrons. The van der Waals surface area contributed by atoms with Gasteiger partial charge in [-0.2, -0.15) is 0 Å². The Morgan fingerprint density at radius 2 is 1.71 bits per heavy atom. The zero-order valence-corrected chi connectivity index (χ0v) is 17.0. The highest BCUT2D eigenvalue weighted by molar-refractivity contribution is 5.98. The lowest BCUT2D eigenvalue weighted by Gasteiger charge is -2.37. The summed E-state index contributed by atoms with van der Waals surface area (Å²) in [5, 5.41) is 0. The van der Waals surface area contributed by atoms with E-state index < -0.39 is 0 Å². The van der Waals surface area contributed by atoms with Crippen molar-refractivity contribution in [1.29, 1.82) is 0 Å². The summed E-state index contributed by atoms with van der Waals surface area (Å²) in [6, 6.07) is 16.3. The average Bonchev–Trinajstić information content (AvgIpc) is 2.71. The van der Waals surface area contributed by atoms with Crippen LogP contribution in [0, 0.1) is 6.92 Å². The minimum Gasteiger partial charge on any atom is -0.368 e. The number of anilines is 2. The molecule has 0 saturated carbocycles. The van der Waals surface area contributed by atoms with Gasteiger partial charge in [0.2, 0.25) is 11.8 Å². The number of hydrogen-bond donors (Lipinski definition) is 0. The van der Waals surface area contributed by atoms with Crippen LogP contribution in [-0.4, -0.2) is 49.4 Å². The summed E-state index contributed by atoms with van der Waals surface area (Å²) < 4.78 is 0. The number of rotatable bonds is 5. The Kier molecular flexibility index (Phi) is 6.34. The lowest BCUT2D eigenvalue weighted by molar-refractivity contribution is -0.131. The molecule has 0 aromatic heterocycles. The lowest BCUT2D eigenvalue weighted by atomic mass is 10.1. The van der Waals surface area contributed by atoms with E-state index >= 15 is 0 Å². The van der Waals surface area contributed by atoms with Crippen molar-refractivity contribution in [3.8, 4) is 0 Å². The summed E-state index contributed by atoms with van der Waals surface area (Å²) in [6.45, 7) is 8.73. The van der Waals surface area contributed by atoms with Gasteiger partial charge in [0.1, 0.15) is 6.54 Å². The van der Waals surface area contributed by atoms with Gasteiger partial charge in [0, 0.05) is 44.5 Å². The number of para-hydroxylation sites is 1. The minimum atomic E-state index is -0.104. The van der Waals surface area contributed by atoms with Crippen LogP contribution in [0.4, 0.5) is 11.4 Å². The smallest absolute Gasteiger partial charge is 0.242 e. The van der Waals surface area contributed by atoms with Crippen molar-refractivity contribution < 1.29 is 9.59 Å². The van der Waals surface area contributed by atoms with Crippen LogP contribution in [-0.2, 0) is 16.0 Å². The average molecular weight is 380 g/mol. The van der Waals surface area contributed by atoms with Crippen molar-refractivity contribution in [2.45, 2.75) is 27.2 Å². The topological polar surface area (TPSA) is 43.9 Å². The number of nitrogens with zero attached hydrogens (tertiary/aromatic N) is 3. The standard InChI is InChI=1S/C23H29N3O2/c1-4-20-9-5-6-11-22(20)26(19(3)27)17-23(28)25-14-12-24(13-15-25)21-10-7-8-18(2)16-21/h5-11,16H,4,12-15,17H2,1-3H3. The van der Waals surface area contributed by atoms with Crippen molar-refractivity contribution in [2.75, 3.05) is 42.5 Å². The normalized spacial score (nSPS) is 14.1. The van der Waals surface area contributed by atoms with E-state index in [1.165, 1.54) is 18.2 Å². The van der Waals surface area contributed by atoms with Gasteiger partial charge >= 0.3 is 0 Å². The number of carbonyl (C=O) groups is 2. The molecule has 1 fully saturated rings. The third-order valence-corrected chi connectivity index (χ3v) is 5.34. The van der Waals surface area contributed by atoms with Crippen molar-refractivity contribution in [2.24, 2.45) is 0 Å². The molecule has 1 aliphatic heterocycles. The van der Waals surface area contributed by atoms with Crippen LogP contribution < -0.4 is 9.80 Å². The minimum absolute atomic E-state index is 0.00463. The van der Waals surface area contributed by atoms with E-state index in [0.29, 0.717) is 13.1 Å². The summed E-state index contributed by atoms with van der Waals surface area (Å²) in [6.07, 6.45) is 0.823. The maximum Gasteiger partial charge on any atom is 0.242 e. The van der Waals surface area contributed by atoms with Gasteiger partial charge < -0.3 is 14.7 Å². The van der Waals surface area contributed by atoms with Gasteiger partial charge in [0.15, 0.2) is 0 Å². The Morgan fingerprint density at radius 3 is 2.36 bits per heavy atom. The first-order valence-corrected chi connectivity index (χ1v) is 9.95. The van der Waals surface area contributed by atoms with E-state index in [4.69, 9.17) is 0 Å². The molecular weight excluding hydrogens is 350 g/mol. The molecule has 0 spiro atoms. The molecule has 0 aliphatic carbocycles. The van der Waals surface area contributed by atoms with Gasteiger partial charge in [-0.15, -0.1) is 0 Å². The van der Waals surface area contributed by atoms with Crippen LogP contribution in [0.1, 0.15) is 25.0 Å². The maximum absolute atomic E-state index is 12.9. The summed E-state index contributed by atoms with van der Waals surface area (Å²) in [7, 11) is 0. The third kappa shape index (κ3) is 4.53. The van der Waals surface area contributed by atoms with Crippen LogP contribution in [0.5, 0.6) is 0 Å². The van der Waals surface area contributed by atoms with Gasteiger partial charge in [-0.25, -0.2) is 0 Å². The summed E-state index contributed by atoms with van der Waals surface area (Å²) in [5.74, 6) is -0.0994. The molecule has 1 saturated heterocycles. The van der Waals surface area contributed by atoms with Gasteiger partial charge in [0.25, 0.3) is 0 Å². The highest BCUT2D eigenvalue weighted by Crippen LogP contribution is 2.22. The zero-order chi connectivity index (χ0) is 20.1. The molecule has 28 heavy (non-hydrogen) atoms. The monoisotopic (exact) mass is 379 g/mol. The van der Waals surface area contributed by atoms with E-state index in [1.54, 1.807) is 4.90 Å². The Labute approximate surface area is 167 Å². The molecule has 148 valence electrons. The quantitative estimate of drug-likeness (QED) is 0.801. The van der Waals surface area contributed by atoms with E-state index in [2.05, 4.69) is 43.0 Å². The molecule has 0 bridgehead atoms. The predicted molar refractivity (Wildman–Crippen MR) is 114 cm³/mol. The van der Waals surface area contributed by atoms with Crippen molar-refractivity contribution >= 4 is 23.2 Å². The first kappa shape index (κ1) is 19.9. The Balaban J connectivity index is 1.65. The van der Waals surface area contributed by atoms with Crippen LogP contribution in [0.25, 0.3) is 0 Å². The Hall–Kier alpha value is -2.82. The molecule has 2 aromatic rings.